The molecule has 2 aromatic heterocycles. The number of anilines is 3. The smallest absolute Gasteiger partial charge is 0.264 e. The lowest BCUT2D eigenvalue weighted by molar-refractivity contribution is 0.150. The van der Waals surface area contributed by atoms with E-state index in [9.17, 15) is 8.78 Å². The van der Waals surface area contributed by atoms with E-state index in [-0.39, 0.29) is 11.0 Å². The summed E-state index contributed by atoms with van der Waals surface area (Å²) < 4.78 is 27.0. The molecule has 3 aromatic rings. The molecule has 0 saturated carbocycles. The van der Waals surface area contributed by atoms with Crippen LogP contribution in [0.4, 0.5) is 26.1 Å². The fourth-order valence-corrected chi connectivity index (χ4v) is 4.68. The number of benzene rings is 1. The second-order valence-corrected chi connectivity index (χ2v) is 8.88. The van der Waals surface area contributed by atoms with Crippen molar-refractivity contribution >= 4 is 28.5 Å². The van der Waals surface area contributed by atoms with Crippen molar-refractivity contribution in [1.82, 2.24) is 20.2 Å². The van der Waals surface area contributed by atoms with E-state index in [2.05, 4.69) is 27.0 Å². The molecule has 4 heterocycles. The SMILES string of the molecule is CC1(CN)CCN(c2cnc3c(N4CCCc5c(C(F)F)cccc54)n[nH]c3n2)CC1. The van der Waals surface area contributed by atoms with Crippen LogP contribution in [-0.2, 0) is 6.42 Å². The zero-order chi connectivity index (χ0) is 21.6. The molecule has 3 N–H and O–H groups in total. The maximum absolute atomic E-state index is 13.5. The fraction of sp³-hybridized carbons (Fsp3) is 0.500. The predicted molar refractivity (Wildman–Crippen MR) is 117 cm³/mol. The number of aromatic amines is 1. The molecule has 0 radical (unpaired) electrons. The summed E-state index contributed by atoms with van der Waals surface area (Å²) in [6, 6.07) is 5.07. The highest BCUT2D eigenvalue weighted by Crippen LogP contribution is 2.39. The maximum Gasteiger partial charge on any atom is 0.264 e. The number of alkyl halides is 2. The number of nitrogens with two attached hydrogens (primary N) is 1. The Bertz CT molecular complexity index is 1090. The van der Waals surface area contributed by atoms with E-state index in [4.69, 9.17) is 10.7 Å². The molecule has 1 saturated heterocycles. The molecule has 0 atom stereocenters. The number of nitrogens with zero attached hydrogens (tertiary/aromatic N) is 5. The number of nitrogens with one attached hydrogen (secondary N) is 1. The van der Waals surface area contributed by atoms with E-state index in [1.807, 2.05) is 11.0 Å². The number of hydrogen-bond donors (Lipinski definition) is 2. The Morgan fingerprint density at radius 1 is 1.23 bits per heavy atom. The third kappa shape index (κ3) is 3.50. The lowest BCUT2D eigenvalue weighted by Crippen LogP contribution is -2.42. The summed E-state index contributed by atoms with van der Waals surface area (Å²) in [7, 11) is 0. The van der Waals surface area contributed by atoms with Crippen LogP contribution in [0.1, 0.15) is 43.7 Å². The van der Waals surface area contributed by atoms with E-state index in [1.54, 1.807) is 12.3 Å². The zero-order valence-electron chi connectivity index (χ0n) is 17.6. The van der Waals surface area contributed by atoms with Crippen molar-refractivity contribution in [3.63, 3.8) is 0 Å². The number of aromatic nitrogens is 4. The van der Waals surface area contributed by atoms with Crippen LogP contribution < -0.4 is 15.5 Å². The molecule has 31 heavy (non-hydrogen) atoms. The van der Waals surface area contributed by atoms with Crippen molar-refractivity contribution in [1.29, 1.82) is 0 Å². The van der Waals surface area contributed by atoms with E-state index in [1.165, 1.54) is 6.07 Å². The van der Waals surface area contributed by atoms with Gasteiger partial charge < -0.3 is 15.5 Å². The molecular weight excluding hydrogens is 400 g/mol. The first-order chi connectivity index (χ1) is 15.0. The second kappa shape index (κ2) is 7.71. The average Bonchev–Trinajstić information content (AvgIpc) is 3.21. The first kappa shape index (κ1) is 20.1. The third-order valence-corrected chi connectivity index (χ3v) is 6.80. The lowest BCUT2D eigenvalue weighted by Gasteiger charge is -2.39. The topological polar surface area (TPSA) is 87.0 Å². The van der Waals surface area contributed by atoms with Crippen LogP contribution in [0.5, 0.6) is 0 Å². The zero-order valence-corrected chi connectivity index (χ0v) is 17.6. The first-order valence-electron chi connectivity index (χ1n) is 10.8. The molecule has 0 aliphatic carbocycles. The van der Waals surface area contributed by atoms with Gasteiger partial charge in [0, 0.05) is 30.9 Å². The minimum absolute atomic E-state index is 0.102. The molecule has 5 rings (SSSR count). The molecule has 0 amide bonds. The standard InChI is InChI=1S/C22H27F2N7/c1-22(13-25)7-10-30(11-8-22)17-12-26-18-20(27-17)28-29-21(18)31-9-3-5-14-15(19(23)24)4-2-6-16(14)31/h2,4,6,12,19H,3,5,7-11,13,25H2,1H3,(H,27,28,29). The highest BCUT2D eigenvalue weighted by atomic mass is 19.3. The Morgan fingerprint density at radius 2 is 2.03 bits per heavy atom. The van der Waals surface area contributed by atoms with Crippen molar-refractivity contribution in [2.24, 2.45) is 11.1 Å². The summed E-state index contributed by atoms with van der Waals surface area (Å²) in [6.07, 6.45) is 2.76. The molecule has 0 unspecified atom stereocenters. The van der Waals surface area contributed by atoms with Crippen LogP contribution in [0.25, 0.3) is 11.2 Å². The molecule has 1 aromatic carbocycles. The number of H-pyrrole nitrogens is 1. The van der Waals surface area contributed by atoms with Crippen LogP contribution in [0, 0.1) is 5.41 Å². The van der Waals surface area contributed by atoms with Gasteiger partial charge in [0.1, 0.15) is 5.82 Å². The van der Waals surface area contributed by atoms with Gasteiger partial charge in [-0.25, -0.2) is 18.7 Å². The number of rotatable bonds is 4. The van der Waals surface area contributed by atoms with Crippen LogP contribution in [-0.4, -0.2) is 46.3 Å². The monoisotopic (exact) mass is 427 g/mol. The highest BCUT2D eigenvalue weighted by Gasteiger charge is 2.30. The lowest BCUT2D eigenvalue weighted by atomic mass is 9.80. The van der Waals surface area contributed by atoms with E-state index in [0.717, 1.165) is 43.9 Å². The van der Waals surface area contributed by atoms with Crippen molar-refractivity contribution < 1.29 is 8.78 Å². The summed E-state index contributed by atoms with van der Waals surface area (Å²) in [5, 5.41) is 7.47. The van der Waals surface area contributed by atoms with Gasteiger partial charge in [0.2, 0.25) is 0 Å². The predicted octanol–water partition coefficient (Wildman–Crippen LogP) is 3.94. The van der Waals surface area contributed by atoms with Crippen LogP contribution >= 0.6 is 0 Å². The van der Waals surface area contributed by atoms with Gasteiger partial charge in [0.05, 0.1) is 6.20 Å². The Kier molecular flexibility index (Phi) is 5.00. The van der Waals surface area contributed by atoms with Crippen molar-refractivity contribution in [2.45, 2.75) is 39.0 Å². The van der Waals surface area contributed by atoms with Gasteiger partial charge in [0.15, 0.2) is 17.0 Å². The van der Waals surface area contributed by atoms with Crippen LogP contribution in [0.2, 0.25) is 0 Å². The van der Waals surface area contributed by atoms with E-state index in [0.29, 0.717) is 42.1 Å². The molecule has 1 fully saturated rings. The molecule has 7 nitrogen and oxygen atoms in total. The van der Waals surface area contributed by atoms with E-state index >= 15 is 0 Å². The molecular formula is C22H27F2N7. The van der Waals surface area contributed by atoms with Gasteiger partial charge in [0.25, 0.3) is 6.43 Å². The Balaban J connectivity index is 1.45. The normalized spacial score (nSPS) is 18.6. The number of halogens is 2. The number of piperidine rings is 1. The first-order valence-corrected chi connectivity index (χ1v) is 10.8. The number of fused-ring (bicyclic) bond motifs is 2. The average molecular weight is 428 g/mol. The minimum atomic E-state index is -2.49. The molecule has 2 aliphatic heterocycles. The van der Waals surface area contributed by atoms with Gasteiger partial charge in [-0.15, -0.1) is 0 Å². The fourth-order valence-electron chi connectivity index (χ4n) is 4.68. The maximum atomic E-state index is 13.5. The molecule has 0 spiro atoms. The molecule has 9 heteroatoms. The summed E-state index contributed by atoms with van der Waals surface area (Å²) in [5.41, 5.74) is 8.95. The van der Waals surface area contributed by atoms with Gasteiger partial charge in [-0.05, 0) is 49.3 Å². The van der Waals surface area contributed by atoms with Crippen LogP contribution in [0.15, 0.2) is 24.4 Å². The summed E-state index contributed by atoms with van der Waals surface area (Å²) in [4.78, 5) is 13.6. The molecule has 2 aliphatic rings. The summed E-state index contributed by atoms with van der Waals surface area (Å²) >= 11 is 0. The molecule has 164 valence electrons. The highest BCUT2D eigenvalue weighted by molar-refractivity contribution is 5.88. The largest absolute Gasteiger partial charge is 0.355 e. The Morgan fingerprint density at radius 3 is 2.77 bits per heavy atom. The van der Waals surface area contributed by atoms with Gasteiger partial charge in [-0.2, -0.15) is 5.10 Å². The molecule has 0 bridgehead atoms. The van der Waals surface area contributed by atoms with Gasteiger partial charge >= 0.3 is 0 Å². The Labute approximate surface area is 179 Å². The quantitative estimate of drug-likeness (QED) is 0.656. The summed E-state index contributed by atoms with van der Waals surface area (Å²) in [5.74, 6) is 1.46. The third-order valence-electron chi connectivity index (χ3n) is 6.80. The second-order valence-electron chi connectivity index (χ2n) is 8.88. The van der Waals surface area contributed by atoms with Crippen LogP contribution in [0.3, 0.4) is 0 Å². The Hall–Kier alpha value is -2.81. The summed E-state index contributed by atoms with van der Waals surface area (Å²) in [6.45, 7) is 5.42. The van der Waals surface area contributed by atoms with E-state index < -0.39 is 6.43 Å². The minimum Gasteiger partial charge on any atom is -0.355 e. The van der Waals surface area contributed by atoms with Crippen molar-refractivity contribution in [3.05, 3.63) is 35.5 Å². The van der Waals surface area contributed by atoms with Crippen molar-refractivity contribution in [2.75, 3.05) is 36.0 Å². The van der Waals surface area contributed by atoms with Gasteiger partial charge in [-0.3, -0.25) is 5.10 Å². The van der Waals surface area contributed by atoms with Gasteiger partial charge in [-0.1, -0.05) is 19.1 Å². The van der Waals surface area contributed by atoms with Crippen molar-refractivity contribution in [3.8, 4) is 0 Å². The number of hydrogen-bond acceptors (Lipinski definition) is 6.